The lowest BCUT2D eigenvalue weighted by molar-refractivity contribution is -0.137. The molecule has 4 nitrogen and oxygen atoms in total. The van der Waals surface area contributed by atoms with Gasteiger partial charge in [-0.2, -0.15) is 18.4 Å². The quantitative estimate of drug-likeness (QED) is 0.283. The molecule has 0 aliphatic heterocycles. The second-order valence-electron chi connectivity index (χ2n) is 6.64. The van der Waals surface area contributed by atoms with Crippen LogP contribution in [-0.2, 0) is 6.18 Å². The number of nitrogens with zero attached hydrogens (tertiary/aromatic N) is 1. The number of nitriles is 1. The second-order valence-corrected chi connectivity index (χ2v) is 7.72. The van der Waals surface area contributed by atoms with E-state index in [0.717, 1.165) is 23.9 Å². The summed E-state index contributed by atoms with van der Waals surface area (Å²) in [6, 6.07) is 20.0. The van der Waals surface area contributed by atoms with E-state index in [1.165, 1.54) is 12.1 Å². The monoisotopic (exact) mass is 441 g/mol. The summed E-state index contributed by atoms with van der Waals surface area (Å²) in [5, 5.41) is 20.5. The Kier molecular flexibility index (Phi) is 6.59. The molecule has 3 aromatic carbocycles. The molecule has 8 heteroatoms. The highest BCUT2D eigenvalue weighted by molar-refractivity contribution is 8.03. The van der Waals surface area contributed by atoms with Crippen LogP contribution in [0.5, 0.6) is 0 Å². The number of hydrogen-bond donors (Lipinski definition) is 3. The van der Waals surface area contributed by atoms with Crippen LogP contribution in [0.1, 0.15) is 28.4 Å². The molecule has 3 rings (SSSR count). The van der Waals surface area contributed by atoms with Gasteiger partial charge in [0, 0.05) is 10.6 Å². The fraction of sp³-hybridized carbons (Fsp3) is 0.0870. The van der Waals surface area contributed by atoms with Gasteiger partial charge in [-0.3, -0.25) is 0 Å². The molecule has 0 fully saturated rings. The zero-order valence-electron chi connectivity index (χ0n) is 16.1. The minimum atomic E-state index is -4.45. The smallest absolute Gasteiger partial charge is 0.398 e. The number of rotatable bonds is 5. The Bertz CT molecular complexity index is 1150. The lowest BCUT2D eigenvalue weighted by atomic mass is 9.97. The maximum atomic E-state index is 12.8. The van der Waals surface area contributed by atoms with Crippen LogP contribution >= 0.6 is 11.8 Å². The summed E-state index contributed by atoms with van der Waals surface area (Å²) in [4.78, 5) is 0.702. The Balaban J connectivity index is 1.90. The van der Waals surface area contributed by atoms with E-state index < -0.39 is 17.8 Å². The van der Waals surface area contributed by atoms with Gasteiger partial charge in [0.05, 0.1) is 16.2 Å². The van der Waals surface area contributed by atoms with E-state index in [2.05, 4.69) is 6.07 Å². The van der Waals surface area contributed by atoms with Crippen molar-refractivity contribution in [2.75, 3.05) is 5.73 Å². The van der Waals surface area contributed by atoms with E-state index in [1.54, 1.807) is 48.5 Å². The highest BCUT2D eigenvalue weighted by Gasteiger charge is 2.30. The van der Waals surface area contributed by atoms with Gasteiger partial charge in [-0.15, -0.1) is 0 Å². The number of thioether (sulfide) groups is 1. The lowest BCUT2D eigenvalue weighted by Crippen LogP contribution is -2.06. The fourth-order valence-electron chi connectivity index (χ4n) is 2.92. The van der Waals surface area contributed by atoms with E-state index in [0.29, 0.717) is 27.3 Å². The molecule has 0 bridgehead atoms. The van der Waals surface area contributed by atoms with Gasteiger partial charge in [-0.25, -0.2) is 0 Å². The van der Waals surface area contributed by atoms with Crippen molar-refractivity contribution in [1.82, 2.24) is 0 Å². The first-order valence-corrected chi connectivity index (χ1v) is 9.90. The molecule has 5 N–H and O–H groups in total. The highest BCUT2D eigenvalue weighted by Crippen LogP contribution is 2.34. The Morgan fingerprint density at radius 2 is 1.65 bits per heavy atom. The van der Waals surface area contributed by atoms with Gasteiger partial charge in [-0.1, -0.05) is 54.2 Å². The molecular formula is C23H18F3N3OS. The molecule has 0 amide bonds. The Hall–Kier alpha value is -3.41. The van der Waals surface area contributed by atoms with Crippen LogP contribution in [0, 0.1) is 11.3 Å². The zero-order chi connectivity index (χ0) is 22.6. The number of allylic oxidation sites excluding steroid dienone is 1. The Morgan fingerprint density at radius 1 is 0.968 bits per heavy atom. The normalized spacial score (nSPS) is 13.3. The second kappa shape index (κ2) is 9.16. The number of aliphatic hydroxyl groups is 1. The largest absolute Gasteiger partial charge is 0.416 e. The van der Waals surface area contributed by atoms with Crippen LogP contribution in [0.2, 0.25) is 0 Å². The maximum absolute atomic E-state index is 12.8. The van der Waals surface area contributed by atoms with Crippen LogP contribution < -0.4 is 11.5 Å². The van der Waals surface area contributed by atoms with E-state index in [9.17, 15) is 23.5 Å². The molecule has 0 aliphatic rings. The third-order valence-corrected chi connectivity index (χ3v) is 5.56. The molecule has 0 aliphatic carbocycles. The van der Waals surface area contributed by atoms with Crippen molar-refractivity contribution in [3.63, 3.8) is 0 Å². The summed E-state index contributed by atoms with van der Waals surface area (Å²) < 4.78 is 38.3. The Morgan fingerprint density at radius 3 is 2.26 bits per heavy atom. The SMILES string of the molecule is N#C/C(=C(/N)Sc1ccccc1N)c1cccc(C(O)c2ccc(C(F)(F)F)cc2)c1. The number of benzene rings is 3. The van der Waals surface area contributed by atoms with E-state index >= 15 is 0 Å². The van der Waals surface area contributed by atoms with Gasteiger partial charge in [-0.05, 0) is 47.0 Å². The molecule has 158 valence electrons. The molecule has 0 saturated carbocycles. The number of hydrogen-bond acceptors (Lipinski definition) is 5. The van der Waals surface area contributed by atoms with Crippen molar-refractivity contribution in [3.05, 3.63) is 100 Å². The summed E-state index contributed by atoms with van der Waals surface area (Å²) in [7, 11) is 0. The minimum Gasteiger partial charge on any atom is -0.398 e. The topological polar surface area (TPSA) is 96.1 Å². The number of aliphatic hydroxyl groups excluding tert-OH is 1. The van der Waals surface area contributed by atoms with Gasteiger partial charge < -0.3 is 16.6 Å². The number of nitrogens with two attached hydrogens (primary N) is 2. The maximum Gasteiger partial charge on any atom is 0.416 e. The van der Waals surface area contributed by atoms with Crippen molar-refractivity contribution in [2.24, 2.45) is 5.73 Å². The fourth-order valence-corrected chi connectivity index (χ4v) is 3.75. The number of halogens is 3. The van der Waals surface area contributed by atoms with Crippen LogP contribution in [0.15, 0.2) is 82.7 Å². The third kappa shape index (κ3) is 5.20. The molecule has 0 saturated heterocycles. The molecule has 31 heavy (non-hydrogen) atoms. The molecular weight excluding hydrogens is 423 g/mol. The average Bonchev–Trinajstić information content (AvgIpc) is 2.75. The van der Waals surface area contributed by atoms with Crippen molar-refractivity contribution in [2.45, 2.75) is 17.2 Å². The van der Waals surface area contributed by atoms with Gasteiger partial charge in [0.15, 0.2) is 0 Å². The Labute approximate surface area is 181 Å². The molecule has 0 aromatic heterocycles. The van der Waals surface area contributed by atoms with E-state index in [1.807, 2.05) is 0 Å². The van der Waals surface area contributed by atoms with Crippen LogP contribution in [0.3, 0.4) is 0 Å². The number of anilines is 1. The third-order valence-electron chi connectivity index (χ3n) is 4.54. The predicted molar refractivity (Wildman–Crippen MR) is 115 cm³/mol. The molecule has 3 aromatic rings. The number of para-hydroxylation sites is 1. The minimum absolute atomic E-state index is 0.203. The van der Waals surface area contributed by atoms with E-state index in [4.69, 9.17) is 11.5 Å². The molecule has 1 unspecified atom stereocenters. The van der Waals surface area contributed by atoms with Gasteiger partial charge >= 0.3 is 6.18 Å². The molecule has 0 spiro atoms. The summed E-state index contributed by atoms with van der Waals surface area (Å²) in [6.07, 6.45) is -5.62. The molecule has 0 heterocycles. The van der Waals surface area contributed by atoms with Crippen LogP contribution in [0.4, 0.5) is 18.9 Å². The van der Waals surface area contributed by atoms with Gasteiger partial charge in [0.1, 0.15) is 12.2 Å². The first-order valence-electron chi connectivity index (χ1n) is 9.08. The standard InChI is InChI=1S/C23H18F3N3OS/c24-23(25,26)17-10-8-14(9-11-17)21(30)16-5-3-4-15(12-16)18(13-27)22(29)31-20-7-2-1-6-19(20)28/h1-12,21,30H,28-29H2/b22-18+. The van der Waals surface area contributed by atoms with E-state index in [-0.39, 0.29) is 10.6 Å². The summed E-state index contributed by atoms with van der Waals surface area (Å²) in [5.74, 6) is 0. The summed E-state index contributed by atoms with van der Waals surface area (Å²) >= 11 is 1.15. The van der Waals surface area contributed by atoms with Crippen LogP contribution in [0.25, 0.3) is 5.57 Å². The first kappa shape index (κ1) is 22.3. The molecule has 0 radical (unpaired) electrons. The van der Waals surface area contributed by atoms with Crippen molar-refractivity contribution >= 4 is 23.0 Å². The predicted octanol–water partition coefficient (Wildman–Crippen LogP) is 5.31. The number of nitrogen functional groups attached to an aromatic ring is 1. The van der Waals surface area contributed by atoms with Crippen molar-refractivity contribution in [3.8, 4) is 6.07 Å². The average molecular weight is 441 g/mol. The van der Waals surface area contributed by atoms with Crippen molar-refractivity contribution < 1.29 is 18.3 Å². The summed E-state index contributed by atoms with van der Waals surface area (Å²) in [6.45, 7) is 0. The van der Waals surface area contributed by atoms with Crippen molar-refractivity contribution in [1.29, 1.82) is 5.26 Å². The molecule has 1 atom stereocenters. The van der Waals surface area contributed by atoms with Gasteiger partial charge in [0.25, 0.3) is 0 Å². The first-order chi connectivity index (χ1) is 14.7. The summed E-state index contributed by atoms with van der Waals surface area (Å²) in [5.41, 5.74) is 13.2. The highest BCUT2D eigenvalue weighted by atomic mass is 32.2. The number of alkyl halides is 3. The lowest BCUT2D eigenvalue weighted by Gasteiger charge is -2.15. The zero-order valence-corrected chi connectivity index (χ0v) is 16.9. The van der Waals surface area contributed by atoms with Gasteiger partial charge in [0.2, 0.25) is 0 Å². The van der Waals surface area contributed by atoms with Crippen LogP contribution in [-0.4, -0.2) is 5.11 Å².